The Balaban J connectivity index is 1.58. The highest BCUT2D eigenvalue weighted by Gasteiger charge is 2.40. The molecule has 0 aromatic heterocycles. The summed E-state index contributed by atoms with van der Waals surface area (Å²) in [6, 6.07) is 17.3. The van der Waals surface area contributed by atoms with E-state index in [1.165, 1.54) is 23.1 Å². The lowest BCUT2D eigenvalue weighted by atomic mass is 9.71. The van der Waals surface area contributed by atoms with Crippen LogP contribution in [0.2, 0.25) is 0 Å². The molecule has 0 aliphatic carbocycles. The van der Waals surface area contributed by atoms with Crippen molar-refractivity contribution in [3.8, 4) is 5.75 Å². The van der Waals surface area contributed by atoms with Crippen molar-refractivity contribution in [2.24, 2.45) is 5.92 Å². The largest absolute Gasteiger partial charge is 0.497 e. The molecule has 2 aromatic carbocycles. The van der Waals surface area contributed by atoms with Crippen LogP contribution in [-0.4, -0.2) is 25.9 Å². The van der Waals surface area contributed by atoms with Gasteiger partial charge in [-0.1, -0.05) is 42.0 Å². The molecule has 1 aliphatic rings. The molecule has 0 amide bonds. The third-order valence-corrected chi connectivity index (χ3v) is 5.80. The molecule has 2 aromatic rings. The van der Waals surface area contributed by atoms with Gasteiger partial charge in [0.1, 0.15) is 5.75 Å². The molecular formula is C24H33NO2. The van der Waals surface area contributed by atoms with Crippen LogP contribution in [0.1, 0.15) is 49.3 Å². The van der Waals surface area contributed by atoms with E-state index in [4.69, 9.17) is 9.47 Å². The van der Waals surface area contributed by atoms with Crippen LogP contribution in [0.15, 0.2) is 48.5 Å². The third kappa shape index (κ3) is 5.12. The SMILES string of the molecule is COc1ccc(CNCCC2CCOC(C)(C)C2c2ccc(C)cc2)cc1. The Bertz CT molecular complexity index is 706. The monoisotopic (exact) mass is 367 g/mol. The van der Waals surface area contributed by atoms with Crippen LogP contribution in [0.4, 0.5) is 0 Å². The van der Waals surface area contributed by atoms with Gasteiger partial charge >= 0.3 is 0 Å². The molecule has 27 heavy (non-hydrogen) atoms. The average molecular weight is 368 g/mol. The van der Waals surface area contributed by atoms with E-state index in [1.54, 1.807) is 7.11 Å². The number of methoxy groups -OCH3 is 1. The average Bonchev–Trinajstić information content (AvgIpc) is 2.66. The van der Waals surface area contributed by atoms with Gasteiger partial charge in [0, 0.05) is 19.1 Å². The van der Waals surface area contributed by atoms with Crippen LogP contribution in [0.5, 0.6) is 5.75 Å². The van der Waals surface area contributed by atoms with Crippen LogP contribution in [0.25, 0.3) is 0 Å². The van der Waals surface area contributed by atoms with Crippen LogP contribution >= 0.6 is 0 Å². The van der Waals surface area contributed by atoms with E-state index in [0.29, 0.717) is 11.8 Å². The van der Waals surface area contributed by atoms with Gasteiger partial charge < -0.3 is 14.8 Å². The molecular weight excluding hydrogens is 334 g/mol. The molecule has 2 unspecified atom stereocenters. The first-order chi connectivity index (χ1) is 13.0. The van der Waals surface area contributed by atoms with Gasteiger partial charge in [0.2, 0.25) is 0 Å². The fourth-order valence-electron chi connectivity index (χ4n) is 4.32. The molecule has 1 aliphatic heterocycles. The minimum atomic E-state index is -0.117. The number of hydrogen-bond donors (Lipinski definition) is 1. The molecule has 1 fully saturated rings. The van der Waals surface area contributed by atoms with Crippen LogP contribution < -0.4 is 10.1 Å². The van der Waals surface area contributed by atoms with Gasteiger partial charge in [-0.3, -0.25) is 0 Å². The minimum Gasteiger partial charge on any atom is -0.497 e. The Morgan fingerprint density at radius 1 is 1.07 bits per heavy atom. The Hall–Kier alpha value is -1.84. The summed E-state index contributed by atoms with van der Waals surface area (Å²) in [5.74, 6) is 1.98. The van der Waals surface area contributed by atoms with Gasteiger partial charge in [-0.2, -0.15) is 0 Å². The van der Waals surface area contributed by atoms with Gasteiger partial charge in [-0.15, -0.1) is 0 Å². The fourth-order valence-corrected chi connectivity index (χ4v) is 4.32. The maximum absolute atomic E-state index is 6.16. The number of rotatable bonds is 7. The van der Waals surface area contributed by atoms with Crippen molar-refractivity contribution < 1.29 is 9.47 Å². The summed E-state index contributed by atoms with van der Waals surface area (Å²) in [7, 11) is 1.70. The Morgan fingerprint density at radius 2 is 1.78 bits per heavy atom. The van der Waals surface area contributed by atoms with Crippen molar-refractivity contribution in [1.29, 1.82) is 0 Å². The first-order valence-electron chi connectivity index (χ1n) is 10.0. The normalized spacial score (nSPS) is 21.8. The summed E-state index contributed by atoms with van der Waals surface area (Å²) in [6.07, 6.45) is 2.30. The Labute approximate surface area is 164 Å². The van der Waals surface area contributed by atoms with E-state index < -0.39 is 0 Å². The molecule has 0 bridgehead atoms. The van der Waals surface area contributed by atoms with Crippen molar-refractivity contribution in [1.82, 2.24) is 5.32 Å². The number of ether oxygens (including phenoxy) is 2. The number of benzene rings is 2. The third-order valence-electron chi connectivity index (χ3n) is 5.80. The van der Waals surface area contributed by atoms with Crippen molar-refractivity contribution in [3.63, 3.8) is 0 Å². The molecule has 1 N–H and O–H groups in total. The van der Waals surface area contributed by atoms with Crippen LogP contribution in [0, 0.1) is 12.8 Å². The zero-order chi connectivity index (χ0) is 19.3. The van der Waals surface area contributed by atoms with E-state index in [1.807, 2.05) is 12.1 Å². The second-order valence-corrected chi connectivity index (χ2v) is 8.20. The highest BCUT2D eigenvalue weighted by atomic mass is 16.5. The van der Waals surface area contributed by atoms with Gasteiger partial charge in [-0.25, -0.2) is 0 Å². The van der Waals surface area contributed by atoms with E-state index >= 15 is 0 Å². The summed E-state index contributed by atoms with van der Waals surface area (Å²) in [5, 5.41) is 3.61. The Morgan fingerprint density at radius 3 is 2.44 bits per heavy atom. The Kier molecular flexibility index (Phi) is 6.56. The molecule has 3 nitrogen and oxygen atoms in total. The van der Waals surface area contributed by atoms with Crippen molar-refractivity contribution in [2.45, 2.75) is 51.7 Å². The van der Waals surface area contributed by atoms with Crippen LogP contribution in [-0.2, 0) is 11.3 Å². The van der Waals surface area contributed by atoms with Gasteiger partial charge in [0.15, 0.2) is 0 Å². The first-order valence-corrected chi connectivity index (χ1v) is 10.0. The lowest BCUT2D eigenvalue weighted by Crippen LogP contribution is -2.43. The minimum absolute atomic E-state index is 0.117. The molecule has 0 radical (unpaired) electrons. The van der Waals surface area contributed by atoms with E-state index in [-0.39, 0.29) is 5.60 Å². The summed E-state index contributed by atoms with van der Waals surface area (Å²) in [4.78, 5) is 0. The predicted molar refractivity (Wildman–Crippen MR) is 111 cm³/mol. The van der Waals surface area contributed by atoms with Gasteiger partial charge in [0.05, 0.1) is 12.7 Å². The highest BCUT2D eigenvalue weighted by Crippen LogP contribution is 2.44. The highest BCUT2D eigenvalue weighted by molar-refractivity contribution is 5.28. The lowest BCUT2D eigenvalue weighted by molar-refractivity contribution is -0.0923. The van der Waals surface area contributed by atoms with Gasteiger partial charge in [-0.05, 0) is 69.3 Å². The molecule has 0 spiro atoms. The molecule has 2 atom stereocenters. The standard InChI is InChI=1S/C24H33NO2/c1-18-5-9-20(10-6-18)23-21(14-16-27-24(23,2)3)13-15-25-17-19-7-11-22(26-4)12-8-19/h5-12,21,23,25H,13-17H2,1-4H3. The molecule has 3 heteroatoms. The fraction of sp³-hybridized carbons (Fsp3) is 0.500. The maximum atomic E-state index is 6.16. The maximum Gasteiger partial charge on any atom is 0.118 e. The topological polar surface area (TPSA) is 30.5 Å². The number of hydrogen-bond acceptors (Lipinski definition) is 3. The molecule has 1 saturated heterocycles. The quantitative estimate of drug-likeness (QED) is 0.692. The predicted octanol–water partition coefficient (Wildman–Crippen LogP) is 5.08. The molecule has 1 heterocycles. The van der Waals surface area contributed by atoms with E-state index in [9.17, 15) is 0 Å². The second-order valence-electron chi connectivity index (χ2n) is 8.20. The van der Waals surface area contributed by atoms with E-state index in [2.05, 4.69) is 62.5 Å². The zero-order valence-electron chi connectivity index (χ0n) is 17.1. The number of aryl methyl sites for hydroxylation is 1. The molecule has 146 valence electrons. The molecule has 3 rings (SSSR count). The lowest BCUT2D eigenvalue weighted by Gasteiger charge is -2.44. The summed E-state index contributed by atoms with van der Waals surface area (Å²) in [6.45, 7) is 9.41. The van der Waals surface area contributed by atoms with Crippen molar-refractivity contribution in [2.75, 3.05) is 20.3 Å². The van der Waals surface area contributed by atoms with Gasteiger partial charge in [0.25, 0.3) is 0 Å². The molecule has 0 saturated carbocycles. The number of nitrogens with one attached hydrogen (secondary N) is 1. The van der Waals surface area contributed by atoms with Crippen molar-refractivity contribution in [3.05, 3.63) is 65.2 Å². The summed E-state index contributed by atoms with van der Waals surface area (Å²) in [5.41, 5.74) is 3.89. The zero-order valence-corrected chi connectivity index (χ0v) is 17.1. The smallest absolute Gasteiger partial charge is 0.118 e. The van der Waals surface area contributed by atoms with Crippen LogP contribution in [0.3, 0.4) is 0 Å². The first kappa shape index (κ1) is 19.9. The van der Waals surface area contributed by atoms with Crippen molar-refractivity contribution >= 4 is 0 Å². The summed E-state index contributed by atoms with van der Waals surface area (Å²) >= 11 is 0. The summed E-state index contributed by atoms with van der Waals surface area (Å²) < 4.78 is 11.4. The second kappa shape index (κ2) is 8.90. The van der Waals surface area contributed by atoms with E-state index in [0.717, 1.165) is 31.9 Å².